The molecule has 5 N–H and O–H groups in total. The van der Waals surface area contributed by atoms with Crippen molar-refractivity contribution in [2.24, 2.45) is 0 Å². The van der Waals surface area contributed by atoms with Gasteiger partial charge in [0, 0.05) is 16.0 Å². The highest BCUT2D eigenvalue weighted by Gasteiger charge is 2.34. The van der Waals surface area contributed by atoms with Gasteiger partial charge in [-0.3, -0.25) is 14.8 Å². The molecule has 4 aromatic rings. The predicted octanol–water partition coefficient (Wildman–Crippen LogP) is 4.58. The van der Waals surface area contributed by atoms with Gasteiger partial charge in [-0.25, -0.2) is 5.48 Å². The van der Waals surface area contributed by atoms with E-state index in [9.17, 15) is 18.3 Å². The van der Waals surface area contributed by atoms with Gasteiger partial charge in [0.15, 0.2) is 11.7 Å². The lowest BCUT2D eigenvalue weighted by Gasteiger charge is -2.17. The molecule has 0 fully saturated rings. The number of hydrogen-bond acceptors (Lipinski definition) is 9. The van der Waals surface area contributed by atoms with Gasteiger partial charge in [0.2, 0.25) is 0 Å². The molecule has 36 heavy (non-hydrogen) atoms. The van der Waals surface area contributed by atoms with E-state index in [2.05, 4.69) is 10.5 Å². The molecule has 1 heterocycles. The van der Waals surface area contributed by atoms with Gasteiger partial charge in [0.25, 0.3) is 10.1 Å². The van der Waals surface area contributed by atoms with Gasteiger partial charge >= 0.3 is 0 Å². The van der Waals surface area contributed by atoms with E-state index >= 15 is 0 Å². The Labute approximate surface area is 209 Å². The highest BCUT2D eigenvalue weighted by Crippen LogP contribution is 2.39. The molecule has 0 amide bonds. The Morgan fingerprint density at radius 1 is 0.917 bits per heavy atom. The first-order valence-electron chi connectivity index (χ1n) is 10.4. The van der Waals surface area contributed by atoms with E-state index in [1.54, 1.807) is 48.5 Å². The van der Waals surface area contributed by atoms with Crippen molar-refractivity contribution in [3.63, 3.8) is 0 Å². The van der Waals surface area contributed by atoms with Crippen molar-refractivity contribution in [2.75, 3.05) is 5.48 Å². The first kappa shape index (κ1) is 23.8. The maximum absolute atomic E-state index is 13.2. The van der Waals surface area contributed by atoms with E-state index in [-0.39, 0.29) is 33.4 Å². The van der Waals surface area contributed by atoms with Crippen LogP contribution >= 0.6 is 12.0 Å². The minimum Gasteiger partial charge on any atom is -0.494 e. The number of nitrogens with one attached hydrogen (secondary N) is 3. The van der Waals surface area contributed by atoms with Crippen LogP contribution < -0.4 is 5.48 Å². The molecule has 1 aromatic heterocycles. The molecule has 5 rings (SSSR count). The van der Waals surface area contributed by atoms with Crippen LogP contribution in [0.4, 0.5) is 5.69 Å². The zero-order valence-corrected chi connectivity index (χ0v) is 19.8. The van der Waals surface area contributed by atoms with Crippen LogP contribution in [0, 0.1) is 5.41 Å². The molecular formula is C24H17N3O7S2. The summed E-state index contributed by atoms with van der Waals surface area (Å²) in [6.45, 7) is 0. The molecule has 0 spiro atoms. The molecular weight excluding hydrogens is 506 g/mol. The summed E-state index contributed by atoms with van der Waals surface area (Å²) in [5, 5.41) is 18.9. The molecule has 0 saturated carbocycles. The van der Waals surface area contributed by atoms with Crippen molar-refractivity contribution in [2.45, 2.75) is 9.79 Å². The van der Waals surface area contributed by atoms with Gasteiger partial charge < -0.3 is 10.1 Å². The third kappa shape index (κ3) is 4.39. The van der Waals surface area contributed by atoms with Gasteiger partial charge in [-0.15, -0.1) is 9.32 Å². The number of fused-ring (bicyclic) bond motifs is 2. The number of rotatable bonds is 7. The second-order valence-electron chi connectivity index (χ2n) is 7.71. The summed E-state index contributed by atoms with van der Waals surface area (Å²) < 4.78 is 36.2. The third-order valence-corrected chi connectivity index (χ3v) is 6.99. The molecule has 182 valence electrons. The van der Waals surface area contributed by atoms with Crippen LogP contribution in [0.1, 0.15) is 27.0 Å². The van der Waals surface area contributed by atoms with Crippen molar-refractivity contribution >= 4 is 39.3 Å². The summed E-state index contributed by atoms with van der Waals surface area (Å²) in [5.74, 6) is -0.507. The van der Waals surface area contributed by atoms with Crippen LogP contribution in [-0.4, -0.2) is 34.6 Å². The SMILES string of the molecule is N=C1c2ccccc2C(=O)c2c(-c3ccc(SOONc4ccc(S(=O)(=O)O)cc4)cc3)[nH]c(O)c21. The second kappa shape index (κ2) is 9.26. The lowest BCUT2D eigenvalue weighted by molar-refractivity contribution is -0.161. The Balaban J connectivity index is 1.26. The zero-order valence-electron chi connectivity index (χ0n) is 18.2. The third-order valence-electron chi connectivity index (χ3n) is 5.52. The normalized spacial score (nSPS) is 12.8. The zero-order chi connectivity index (χ0) is 25.4. The van der Waals surface area contributed by atoms with Crippen LogP contribution in [0.3, 0.4) is 0 Å². The number of ketones is 1. The number of aromatic nitrogens is 1. The number of carbonyl (C=O) groups is 1. The summed E-state index contributed by atoms with van der Waals surface area (Å²) in [6, 6.07) is 18.9. The van der Waals surface area contributed by atoms with E-state index in [0.717, 1.165) is 12.0 Å². The predicted molar refractivity (Wildman–Crippen MR) is 132 cm³/mol. The first-order chi connectivity index (χ1) is 17.2. The van der Waals surface area contributed by atoms with Crippen LogP contribution in [0.15, 0.2) is 82.6 Å². The Hall–Kier alpha value is -3.94. The molecule has 0 unspecified atom stereocenters. The quantitative estimate of drug-likeness (QED) is 0.0676. The Kier molecular flexibility index (Phi) is 6.12. The number of benzene rings is 3. The number of H-pyrrole nitrogens is 1. The Morgan fingerprint density at radius 3 is 2.25 bits per heavy atom. The standard InChI is InChI=1S/C24H17N3O7S2/c25-21-17-3-1-2-4-18(17)23(28)20-19(21)24(29)26-22(20)13-5-9-15(10-6-13)35-34-33-27-14-7-11-16(12-8-14)36(30,31)32/h1-12,25-27,29H,(H,30,31,32). The first-order valence-corrected chi connectivity index (χ1v) is 12.5. The maximum Gasteiger partial charge on any atom is 0.294 e. The van der Waals surface area contributed by atoms with Crippen molar-refractivity contribution in [3.05, 3.63) is 95.1 Å². The fourth-order valence-corrected chi connectivity index (χ4v) is 4.71. The van der Waals surface area contributed by atoms with Gasteiger partial charge in [-0.05, 0) is 42.0 Å². The highest BCUT2D eigenvalue weighted by molar-refractivity contribution is 7.94. The van der Waals surface area contributed by atoms with E-state index in [1.165, 1.54) is 24.3 Å². The molecule has 1 aliphatic carbocycles. The van der Waals surface area contributed by atoms with Crippen molar-refractivity contribution in [1.82, 2.24) is 4.98 Å². The summed E-state index contributed by atoms with van der Waals surface area (Å²) in [6.07, 6.45) is 0. The van der Waals surface area contributed by atoms with E-state index in [1.807, 2.05) is 0 Å². The maximum atomic E-state index is 13.2. The number of anilines is 1. The van der Waals surface area contributed by atoms with Crippen molar-refractivity contribution < 1.29 is 32.2 Å². The van der Waals surface area contributed by atoms with Crippen molar-refractivity contribution in [3.8, 4) is 17.1 Å². The van der Waals surface area contributed by atoms with Crippen molar-refractivity contribution in [1.29, 1.82) is 5.41 Å². The number of hydrogen-bond donors (Lipinski definition) is 5. The van der Waals surface area contributed by atoms with Crippen LogP contribution in [0.2, 0.25) is 0 Å². The molecule has 0 saturated heterocycles. The van der Waals surface area contributed by atoms with E-state index in [0.29, 0.717) is 33.0 Å². The fraction of sp³-hybridized carbons (Fsp3) is 0. The average Bonchev–Trinajstić information content (AvgIpc) is 3.23. The smallest absolute Gasteiger partial charge is 0.294 e. The monoisotopic (exact) mass is 523 g/mol. The van der Waals surface area contributed by atoms with E-state index < -0.39 is 10.1 Å². The lowest BCUT2D eigenvalue weighted by Crippen LogP contribution is -2.19. The van der Waals surface area contributed by atoms with Gasteiger partial charge in [-0.1, -0.05) is 36.4 Å². The molecule has 0 radical (unpaired) electrons. The van der Waals surface area contributed by atoms with Gasteiger partial charge in [0.05, 0.1) is 45.2 Å². The number of aromatic hydroxyl groups is 1. The van der Waals surface area contributed by atoms with Gasteiger partial charge in [0.1, 0.15) is 0 Å². The summed E-state index contributed by atoms with van der Waals surface area (Å²) >= 11 is 0.895. The second-order valence-corrected chi connectivity index (χ2v) is 9.90. The largest absolute Gasteiger partial charge is 0.494 e. The molecule has 10 nitrogen and oxygen atoms in total. The molecule has 0 aliphatic heterocycles. The summed E-state index contributed by atoms with van der Waals surface area (Å²) in [4.78, 5) is 21.3. The molecule has 0 atom stereocenters. The van der Waals surface area contributed by atoms with Crippen LogP contribution in [-0.2, 0) is 19.4 Å². The van der Waals surface area contributed by atoms with Crippen LogP contribution in [0.25, 0.3) is 11.3 Å². The Bertz CT molecular complexity index is 1600. The molecule has 12 heteroatoms. The summed E-state index contributed by atoms with van der Waals surface area (Å²) in [7, 11) is -4.28. The summed E-state index contributed by atoms with van der Waals surface area (Å²) in [5.41, 5.74) is 5.31. The molecule has 3 aromatic carbocycles. The lowest BCUT2D eigenvalue weighted by atomic mass is 9.84. The minimum atomic E-state index is -4.28. The highest BCUT2D eigenvalue weighted by atomic mass is 32.2. The molecule has 1 aliphatic rings. The average molecular weight is 524 g/mol. The van der Waals surface area contributed by atoms with Crippen LogP contribution in [0.5, 0.6) is 5.88 Å². The van der Waals surface area contributed by atoms with Gasteiger partial charge in [-0.2, -0.15) is 8.42 Å². The minimum absolute atomic E-state index is 0.0815. The van der Waals surface area contributed by atoms with E-state index in [4.69, 9.17) is 19.3 Å². The Morgan fingerprint density at radius 2 is 1.58 bits per heavy atom. The topological polar surface area (TPSA) is 162 Å². The number of aromatic amines is 1. The molecule has 0 bridgehead atoms. The fourth-order valence-electron chi connectivity index (χ4n) is 3.84. The number of carbonyl (C=O) groups excluding carboxylic acids is 1.